The number of carbonyl (C=O) groups excluding carboxylic acids is 1. The standard InChI is InChI=1S/C16H18F3N5O/c17-16(18,19)10-2-1-3-13(8-10)24-9-14(22-23-24)15(25)21-12-6-4-11(20)5-7-12/h1-3,8-9,11-12H,4-7,20H2,(H,21,25). The van der Waals surface area contributed by atoms with Crippen molar-refractivity contribution in [3.63, 3.8) is 0 Å². The maximum atomic E-state index is 12.8. The van der Waals surface area contributed by atoms with Crippen LogP contribution in [0.1, 0.15) is 41.7 Å². The van der Waals surface area contributed by atoms with E-state index in [-0.39, 0.29) is 23.5 Å². The second-order valence-electron chi connectivity index (χ2n) is 6.18. The highest BCUT2D eigenvalue weighted by Crippen LogP contribution is 2.30. The van der Waals surface area contributed by atoms with Gasteiger partial charge in [-0.15, -0.1) is 5.10 Å². The summed E-state index contributed by atoms with van der Waals surface area (Å²) in [4.78, 5) is 12.2. The molecule has 0 saturated heterocycles. The van der Waals surface area contributed by atoms with Gasteiger partial charge in [0.15, 0.2) is 5.69 Å². The van der Waals surface area contributed by atoms with Crippen molar-refractivity contribution in [3.8, 4) is 5.69 Å². The van der Waals surface area contributed by atoms with Crippen LogP contribution >= 0.6 is 0 Å². The van der Waals surface area contributed by atoms with Gasteiger partial charge in [0.25, 0.3) is 5.91 Å². The Labute approximate surface area is 142 Å². The third kappa shape index (κ3) is 4.16. The van der Waals surface area contributed by atoms with Crippen LogP contribution < -0.4 is 11.1 Å². The van der Waals surface area contributed by atoms with Crippen molar-refractivity contribution >= 4 is 5.91 Å². The van der Waals surface area contributed by atoms with Crippen molar-refractivity contribution in [2.24, 2.45) is 5.73 Å². The molecule has 25 heavy (non-hydrogen) atoms. The SMILES string of the molecule is NC1CCC(NC(=O)c2cn(-c3cccc(C(F)(F)F)c3)nn2)CC1. The summed E-state index contributed by atoms with van der Waals surface area (Å²) in [7, 11) is 0. The quantitative estimate of drug-likeness (QED) is 0.886. The van der Waals surface area contributed by atoms with E-state index in [1.54, 1.807) is 0 Å². The van der Waals surface area contributed by atoms with Crippen LogP contribution in [0.15, 0.2) is 30.5 Å². The Balaban J connectivity index is 1.71. The molecule has 0 radical (unpaired) electrons. The Morgan fingerprint density at radius 2 is 1.96 bits per heavy atom. The van der Waals surface area contributed by atoms with Gasteiger partial charge in [0.1, 0.15) is 0 Å². The first kappa shape index (κ1) is 17.4. The van der Waals surface area contributed by atoms with E-state index < -0.39 is 17.6 Å². The lowest BCUT2D eigenvalue weighted by molar-refractivity contribution is -0.137. The van der Waals surface area contributed by atoms with Gasteiger partial charge in [-0.3, -0.25) is 4.79 Å². The summed E-state index contributed by atoms with van der Waals surface area (Å²) >= 11 is 0. The first-order valence-corrected chi connectivity index (χ1v) is 7.99. The zero-order valence-electron chi connectivity index (χ0n) is 13.3. The molecular weight excluding hydrogens is 335 g/mol. The minimum atomic E-state index is -4.45. The highest BCUT2D eigenvalue weighted by molar-refractivity contribution is 5.92. The summed E-state index contributed by atoms with van der Waals surface area (Å²) in [5, 5.41) is 10.4. The van der Waals surface area contributed by atoms with Crippen LogP contribution in [-0.2, 0) is 6.18 Å². The fourth-order valence-electron chi connectivity index (χ4n) is 2.84. The molecule has 1 aliphatic rings. The third-order valence-corrected chi connectivity index (χ3v) is 4.27. The minimum absolute atomic E-state index is 0.0333. The first-order chi connectivity index (χ1) is 11.8. The van der Waals surface area contributed by atoms with Gasteiger partial charge >= 0.3 is 6.18 Å². The smallest absolute Gasteiger partial charge is 0.348 e. The molecule has 1 saturated carbocycles. The molecular formula is C16H18F3N5O. The lowest BCUT2D eigenvalue weighted by Crippen LogP contribution is -2.40. The molecule has 0 bridgehead atoms. The van der Waals surface area contributed by atoms with E-state index in [0.29, 0.717) is 0 Å². The van der Waals surface area contributed by atoms with Gasteiger partial charge in [-0.2, -0.15) is 13.2 Å². The predicted octanol–water partition coefficient (Wildman–Crippen LogP) is 2.29. The molecule has 3 rings (SSSR count). The third-order valence-electron chi connectivity index (χ3n) is 4.27. The summed E-state index contributed by atoms with van der Waals surface area (Å²) in [6.45, 7) is 0. The molecule has 0 unspecified atom stereocenters. The molecule has 1 aliphatic carbocycles. The largest absolute Gasteiger partial charge is 0.416 e. The van der Waals surface area contributed by atoms with Crippen LogP contribution in [0.3, 0.4) is 0 Å². The van der Waals surface area contributed by atoms with Gasteiger partial charge in [-0.1, -0.05) is 11.3 Å². The van der Waals surface area contributed by atoms with E-state index in [1.165, 1.54) is 18.3 Å². The second kappa shape index (κ2) is 6.83. The van der Waals surface area contributed by atoms with Crippen molar-refractivity contribution in [2.45, 2.75) is 43.9 Å². The number of benzene rings is 1. The molecule has 2 aromatic rings. The topological polar surface area (TPSA) is 85.8 Å². The van der Waals surface area contributed by atoms with E-state index in [2.05, 4.69) is 15.6 Å². The number of amides is 1. The Morgan fingerprint density at radius 3 is 2.64 bits per heavy atom. The van der Waals surface area contributed by atoms with Crippen molar-refractivity contribution in [1.82, 2.24) is 20.3 Å². The summed E-state index contributed by atoms with van der Waals surface area (Å²) in [6, 6.07) is 4.89. The van der Waals surface area contributed by atoms with Gasteiger partial charge in [-0.25, -0.2) is 4.68 Å². The second-order valence-corrected chi connectivity index (χ2v) is 6.18. The zero-order chi connectivity index (χ0) is 18.0. The van der Waals surface area contributed by atoms with Gasteiger partial charge in [0.2, 0.25) is 0 Å². The number of carbonyl (C=O) groups is 1. The van der Waals surface area contributed by atoms with E-state index in [9.17, 15) is 18.0 Å². The molecule has 134 valence electrons. The fraction of sp³-hybridized carbons (Fsp3) is 0.438. The van der Waals surface area contributed by atoms with Crippen molar-refractivity contribution < 1.29 is 18.0 Å². The number of hydrogen-bond acceptors (Lipinski definition) is 4. The van der Waals surface area contributed by atoms with Crippen LogP contribution in [0.25, 0.3) is 5.69 Å². The monoisotopic (exact) mass is 353 g/mol. The molecule has 6 nitrogen and oxygen atoms in total. The molecule has 1 amide bonds. The minimum Gasteiger partial charge on any atom is -0.348 e. The average molecular weight is 353 g/mol. The van der Waals surface area contributed by atoms with Crippen molar-refractivity contribution in [1.29, 1.82) is 0 Å². The molecule has 1 fully saturated rings. The molecule has 3 N–H and O–H groups in total. The van der Waals surface area contributed by atoms with Crippen molar-refractivity contribution in [3.05, 3.63) is 41.7 Å². The van der Waals surface area contributed by atoms with Gasteiger partial charge < -0.3 is 11.1 Å². The van der Waals surface area contributed by atoms with E-state index >= 15 is 0 Å². The van der Waals surface area contributed by atoms with E-state index in [0.717, 1.165) is 42.5 Å². The number of hydrogen-bond donors (Lipinski definition) is 2. The van der Waals surface area contributed by atoms with Gasteiger partial charge in [-0.05, 0) is 43.9 Å². The Morgan fingerprint density at radius 1 is 1.24 bits per heavy atom. The fourth-order valence-corrected chi connectivity index (χ4v) is 2.84. The lowest BCUT2D eigenvalue weighted by Gasteiger charge is -2.26. The normalized spacial score (nSPS) is 21.1. The number of rotatable bonds is 3. The van der Waals surface area contributed by atoms with Crippen molar-refractivity contribution in [2.75, 3.05) is 0 Å². The van der Waals surface area contributed by atoms with E-state index in [1.807, 2.05) is 0 Å². The summed E-state index contributed by atoms with van der Waals surface area (Å²) < 4.78 is 39.5. The Kier molecular flexibility index (Phi) is 4.76. The van der Waals surface area contributed by atoms with Crippen LogP contribution in [0, 0.1) is 0 Å². The molecule has 9 heteroatoms. The van der Waals surface area contributed by atoms with Gasteiger partial charge in [0.05, 0.1) is 17.4 Å². The summed E-state index contributed by atoms with van der Waals surface area (Å²) in [5.74, 6) is -0.390. The number of alkyl halides is 3. The summed E-state index contributed by atoms with van der Waals surface area (Å²) in [5.41, 5.74) is 5.29. The predicted molar refractivity (Wildman–Crippen MR) is 84.1 cm³/mol. The van der Waals surface area contributed by atoms with Crippen LogP contribution in [0.5, 0.6) is 0 Å². The Bertz CT molecular complexity index is 750. The molecule has 1 aromatic heterocycles. The number of aromatic nitrogens is 3. The number of halogens is 3. The molecule has 1 heterocycles. The highest BCUT2D eigenvalue weighted by Gasteiger charge is 2.30. The van der Waals surface area contributed by atoms with Crippen LogP contribution in [-0.4, -0.2) is 33.0 Å². The molecule has 0 spiro atoms. The maximum Gasteiger partial charge on any atom is 0.416 e. The highest BCUT2D eigenvalue weighted by atomic mass is 19.4. The first-order valence-electron chi connectivity index (χ1n) is 7.99. The molecule has 1 aromatic carbocycles. The molecule has 0 aliphatic heterocycles. The Hall–Kier alpha value is -2.42. The van der Waals surface area contributed by atoms with Crippen LogP contribution in [0.4, 0.5) is 13.2 Å². The number of nitrogens with two attached hydrogens (primary N) is 1. The average Bonchev–Trinajstić information content (AvgIpc) is 3.06. The maximum absolute atomic E-state index is 12.8. The van der Waals surface area contributed by atoms with E-state index in [4.69, 9.17) is 5.73 Å². The van der Waals surface area contributed by atoms with Gasteiger partial charge in [0, 0.05) is 12.1 Å². The zero-order valence-corrected chi connectivity index (χ0v) is 13.3. The summed E-state index contributed by atoms with van der Waals surface area (Å²) in [6.07, 6.45) is 0.172. The van der Waals surface area contributed by atoms with Crippen LogP contribution in [0.2, 0.25) is 0 Å². The molecule has 0 atom stereocenters. The number of nitrogens with one attached hydrogen (secondary N) is 1. The lowest BCUT2D eigenvalue weighted by atomic mass is 9.92. The number of nitrogens with zero attached hydrogens (tertiary/aromatic N) is 3.